The Kier molecular flexibility index (Phi) is 5.98. The van der Waals surface area contributed by atoms with Crippen LogP contribution < -0.4 is 10.2 Å². The monoisotopic (exact) mass is 430 g/mol. The van der Waals surface area contributed by atoms with Crippen molar-refractivity contribution in [2.45, 2.75) is 38.8 Å². The van der Waals surface area contributed by atoms with Crippen LogP contribution in [0.15, 0.2) is 30.3 Å². The molecule has 0 radical (unpaired) electrons. The first-order chi connectivity index (χ1) is 14.5. The second-order valence-corrected chi connectivity index (χ2v) is 8.32. The Morgan fingerprint density at radius 3 is 2.70 bits per heavy atom. The molecular weight excluding hydrogens is 407 g/mol. The topological polar surface area (TPSA) is 87.6 Å². The van der Waals surface area contributed by atoms with Gasteiger partial charge in [-0.3, -0.25) is 0 Å². The number of aromatic nitrogens is 2. The summed E-state index contributed by atoms with van der Waals surface area (Å²) in [5.74, 6) is 1.12. The molecule has 1 fully saturated rings. The van der Waals surface area contributed by atoms with E-state index in [0.29, 0.717) is 38.4 Å². The number of aryl methyl sites for hydroxylation is 1. The number of hydrogen-bond acceptors (Lipinski definition) is 7. The van der Waals surface area contributed by atoms with Gasteiger partial charge in [-0.1, -0.05) is 19.1 Å². The van der Waals surface area contributed by atoms with Crippen LogP contribution in [0.4, 0.5) is 21.0 Å². The summed E-state index contributed by atoms with van der Waals surface area (Å²) in [7, 11) is 0. The van der Waals surface area contributed by atoms with Crippen LogP contribution in [-0.2, 0) is 17.7 Å². The van der Waals surface area contributed by atoms with Crippen molar-refractivity contribution in [3.63, 3.8) is 0 Å². The highest BCUT2D eigenvalue weighted by atomic mass is 32.1. The first-order valence-corrected chi connectivity index (χ1v) is 10.8. The number of thiophene rings is 1. The number of anilines is 2. The molecule has 0 saturated carbocycles. The molecular formula is C21H23FN4O3S. The third kappa shape index (κ3) is 4.62. The summed E-state index contributed by atoms with van der Waals surface area (Å²) >= 11 is 1.65. The maximum Gasteiger partial charge on any atom is 0.506 e. The lowest BCUT2D eigenvalue weighted by Crippen LogP contribution is -2.38. The molecule has 0 unspecified atom stereocenters. The number of rotatable bonds is 6. The number of halogens is 1. The van der Waals surface area contributed by atoms with Crippen molar-refractivity contribution >= 4 is 39.5 Å². The molecule has 0 amide bonds. The number of hydrogen-bond donors (Lipinski definition) is 2. The molecule has 158 valence electrons. The molecule has 1 aromatic carbocycles. The van der Waals surface area contributed by atoms with Crippen LogP contribution in [0.3, 0.4) is 0 Å². The van der Waals surface area contributed by atoms with Crippen LogP contribution in [0.25, 0.3) is 10.2 Å². The van der Waals surface area contributed by atoms with Crippen molar-refractivity contribution in [3.8, 4) is 0 Å². The maximum absolute atomic E-state index is 13.2. The minimum atomic E-state index is -1.23. The van der Waals surface area contributed by atoms with Crippen LogP contribution in [0, 0.1) is 5.82 Å². The van der Waals surface area contributed by atoms with Crippen LogP contribution in [0.1, 0.15) is 30.2 Å². The average molecular weight is 431 g/mol. The van der Waals surface area contributed by atoms with E-state index in [-0.39, 0.29) is 11.9 Å². The first kappa shape index (κ1) is 20.3. The van der Waals surface area contributed by atoms with Gasteiger partial charge in [-0.25, -0.2) is 14.2 Å². The Balaban J connectivity index is 1.56. The lowest BCUT2D eigenvalue weighted by atomic mass is 10.1. The van der Waals surface area contributed by atoms with Gasteiger partial charge < -0.3 is 20.1 Å². The molecule has 0 aliphatic carbocycles. The third-order valence-corrected chi connectivity index (χ3v) is 6.32. The van der Waals surface area contributed by atoms with E-state index in [1.165, 1.54) is 17.0 Å². The van der Waals surface area contributed by atoms with Crippen molar-refractivity contribution in [3.05, 3.63) is 46.6 Å². The van der Waals surface area contributed by atoms with E-state index in [2.05, 4.69) is 23.2 Å². The predicted molar refractivity (Wildman–Crippen MR) is 115 cm³/mol. The van der Waals surface area contributed by atoms with Gasteiger partial charge in [0.25, 0.3) is 0 Å². The molecule has 0 bridgehead atoms. The zero-order valence-corrected chi connectivity index (χ0v) is 17.4. The fourth-order valence-corrected chi connectivity index (χ4v) is 4.48. The Hall–Kier alpha value is -2.94. The van der Waals surface area contributed by atoms with Crippen LogP contribution in [0.2, 0.25) is 0 Å². The number of ether oxygens (including phenoxy) is 1. The Labute approximate surface area is 177 Å². The first-order valence-electron chi connectivity index (χ1n) is 9.95. The Morgan fingerprint density at radius 2 is 2.03 bits per heavy atom. The summed E-state index contributed by atoms with van der Waals surface area (Å²) in [6.45, 7) is 3.90. The molecule has 0 atom stereocenters. The van der Waals surface area contributed by atoms with Gasteiger partial charge in [-0.2, -0.15) is 4.98 Å². The van der Waals surface area contributed by atoms with Crippen molar-refractivity contribution < 1.29 is 19.0 Å². The van der Waals surface area contributed by atoms with Gasteiger partial charge in [0, 0.05) is 37.4 Å². The predicted octanol–water partition coefficient (Wildman–Crippen LogP) is 4.67. The van der Waals surface area contributed by atoms with Crippen molar-refractivity contribution in [1.82, 2.24) is 9.97 Å². The summed E-state index contributed by atoms with van der Waals surface area (Å²) in [6, 6.07) is 8.51. The van der Waals surface area contributed by atoms with E-state index in [1.54, 1.807) is 23.5 Å². The lowest BCUT2D eigenvalue weighted by molar-refractivity contribution is 0.0415. The number of nitrogens with one attached hydrogen (secondary N) is 1. The van der Waals surface area contributed by atoms with E-state index in [1.807, 2.05) is 0 Å². The minimum Gasteiger partial charge on any atom is -0.450 e. The van der Waals surface area contributed by atoms with Crippen molar-refractivity contribution in [2.75, 3.05) is 23.3 Å². The second-order valence-electron chi connectivity index (χ2n) is 7.21. The summed E-state index contributed by atoms with van der Waals surface area (Å²) in [5, 5.41) is 13.2. The molecule has 0 spiro atoms. The van der Waals surface area contributed by atoms with Crippen LogP contribution in [0.5, 0.6) is 0 Å². The number of piperidine rings is 1. The number of carboxylic acid groups (broad SMARTS) is 1. The molecule has 4 rings (SSSR count). The number of carbonyl (C=O) groups is 1. The zero-order valence-electron chi connectivity index (χ0n) is 16.6. The highest BCUT2D eigenvalue weighted by Crippen LogP contribution is 2.32. The van der Waals surface area contributed by atoms with E-state index in [0.717, 1.165) is 28.0 Å². The van der Waals surface area contributed by atoms with Crippen molar-refractivity contribution in [1.29, 1.82) is 0 Å². The fourth-order valence-electron chi connectivity index (χ4n) is 3.51. The molecule has 2 N–H and O–H groups in total. The molecule has 1 saturated heterocycles. The van der Waals surface area contributed by atoms with Gasteiger partial charge in [-0.05, 0) is 30.2 Å². The molecule has 2 aromatic heterocycles. The van der Waals surface area contributed by atoms with Gasteiger partial charge in [0.05, 0.1) is 5.39 Å². The Morgan fingerprint density at radius 1 is 1.30 bits per heavy atom. The highest BCUT2D eigenvalue weighted by Gasteiger charge is 2.25. The molecule has 7 nitrogen and oxygen atoms in total. The van der Waals surface area contributed by atoms with Crippen LogP contribution >= 0.6 is 11.3 Å². The maximum atomic E-state index is 13.2. The van der Waals surface area contributed by atoms with E-state index < -0.39 is 6.16 Å². The normalized spacial score (nSPS) is 14.8. The van der Waals surface area contributed by atoms with Gasteiger partial charge in [0.1, 0.15) is 22.6 Å². The number of nitrogens with zero attached hydrogens (tertiary/aromatic N) is 3. The van der Waals surface area contributed by atoms with Crippen molar-refractivity contribution in [2.24, 2.45) is 0 Å². The summed E-state index contributed by atoms with van der Waals surface area (Å²) < 4.78 is 18.1. The highest BCUT2D eigenvalue weighted by molar-refractivity contribution is 7.18. The quantitative estimate of drug-likeness (QED) is 0.550. The Bertz CT molecular complexity index is 1030. The minimum absolute atomic E-state index is 0.258. The number of benzene rings is 1. The smallest absolute Gasteiger partial charge is 0.450 e. The molecule has 3 aromatic rings. The van der Waals surface area contributed by atoms with E-state index >= 15 is 0 Å². The van der Waals surface area contributed by atoms with Gasteiger partial charge in [-0.15, -0.1) is 11.3 Å². The molecule has 30 heavy (non-hydrogen) atoms. The second kappa shape index (κ2) is 8.83. The summed E-state index contributed by atoms with van der Waals surface area (Å²) in [6.07, 6.45) is 0.620. The largest absolute Gasteiger partial charge is 0.506 e. The fraction of sp³-hybridized carbons (Fsp3) is 0.381. The van der Waals surface area contributed by atoms with E-state index in [9.17, 15) is 9.18 Å². The molecule has 1 aliphatic rings. The van der Waals surface area contributed by atoms with E-state index in [4.69, 9.17) is 19.8 Å². The van der Waals surface area contributed by atoms with Gasteiger partial charge in [0.2, 0.25) is 5.95 Å². The number of fused-ring (bicyclic) bond motifs is 1. The lowest BCUT2D eigenvalue weighted by Gasteiger charge is -2.31. The zero-order chi connectivity index (χ0) is 21.1. The van der Waals surface area contributed by atoms with Gasteiger partial charge in [0.15, 0.2) is 0 Å². The SMILES string of the molecule is CCc1cc2c(NCc3ccc(F)cc3)nc(N3CCC(OC(=O)O)CC3)nc2s1. The average Bonchev–Trinajstić information content (AvgIpc) is 3.17. The molecule has 9 heteroatoms. The van der Waals surface area contributed by atoms with Gasteiger partial charge >= 0.3 is 6.16 Å². The molecule has 3 heterocycles. The standard InChI is InChI=1S/C21H23FN4O3S/c1-2-16-11-17-18(23-12-13-3-5-14(22)6-4-13)24-20(25-19(17)30-16)26-9-7-15(8-10-26)29-21(27)28/h3-6,11,15H,2,7-10,12H2,1H3,(H,27,28)(H,23,24,25). The molecule has 1 aliphatic heterocycles. The third-order valence-electron chi connectivity index (χ3n) is 5.15. The summed E-state index contributed by atoms with van der Waals surface area (Å²) in [5.41, 5.74) is 0.960. The summed E-state index contributed by atoms with van der Waals surface area (Å²) in [4.78, 5) is 24.5. The van der Waals surface area contributed by atoms with Crippen LogP contribution in [-0.4, -0.2) is 40.4 Å².